The molecule has 0 aliphatic heterocycles. The van der Waals surface area contributed by atoms with Gasteiger partial charge in [-0.1, -0.05) is 25.3 Å². The Balaban J connectivity index is 2.33. The van der Waals surface area contributed by atoms with Crippen LogP contribution in [-0.4, -0.2) is 34.5 Å². The van der Waals surface area contributed by atoms with E-state index in [4.69, 9.17) is 29.8 Å². The quantitative estimate of drug-likeness (QED) is 0.360. The van der Waals surface area contributed by atoms with E-state index < -0.39 is 48.5 Å². The van der Waals surface area contributed by atoms with Gasteiger partial charge in [-0.05, 0) is 40.9 Å². The third-order valence-corrected chi connectivity index (χ3v) is 4.30. The fourth-order valence-electron chi connectivity index (χ4n) is 2.06. The highest BCUT2D eigenvalue weighted by Gasteiger charge is 2.17. The first kappa shape index (κ1) is 17.2. The maximum Gasteiger partial charge on any atom is 0.414 e. The molecular weight excluding hydrogens is 508 g/mol. The summed E-state index contributed by atoms with van der Waals surface area (Å²) in [5.41, 5.74) is 0.272. The summed E-state index contributed by atoms with van der Waals surface area (Å²) in [6.07, 6.45) is -1.06. The number of hydrogen-bond acceptors (Lipinski definition) is 9. The maximum absolute atomic E-state index is 12.2. The highest BCUT2D eigenvalue weighted by atomic mass is 79.9. The second-order valence-corrected chi connectivity index (χ2v) is 6.91. The average Bonchev–Trinajstić information content (AvgIpc) is 2.77. The molecule has 0 bridgehead atoms. The number of nitrogens with zero attached hydrogens (tertiary/aromatic N) is 3. The number of nitrogens with one attached hydrogen (secondary N) is 3. The summed E-state index contributed by atoms with van der Waals surface area (Å²) in [6.45, 7) is -4.53. The van der Waals surface area contributed by atoms with Crippen molar-refractivity contribution >= 4 is 50.9 Å². The van der Waals surface area contributed by atoms with Crippen LogP contribution in [0.2, 0.25) is 5.02 Å². The normalized spacial score (nSPS) is 14.5. The molecule has 0 atom stereocenters. The monoisotopic (exact) mass is 530 g/mol. The molecule has 11 nitrogen and oxygen atoms in total. The first-order valence-electron chi connectivity index (χ1n) is 11.6. The molecule has 0 fully saturated rings. The molecule has 2 aromatic rings. The largest absolute Gasteiger partial charge is 0.450 e. The van der Waals surface area contributed by atoms with Crippen molar-refractivity contribution < 1.29 is 27.3 Å². The third-order valence-electron chi connectivity index (χ3n) is 3.43. The molecule has 3 N–H and O–H groups in total. The Morgan fingerprint density at radius 3 is 2.81 bits per heavy atom. The van der Waals surface area contributed by atoms with E-state index in [-0.39, 0.29) is 33.4 Å². The van der Waals surface area contributed by atoms with Crippen LogP contribution < -0.4 is 21.0 Å². The number of aromatic amines is 1. The van der Waals surface area contributed by atoms with Gasteiger partial charge in [0.25, 0.3) is 11.5 Å². The molecule has 1 aromatic carbocycles. The van der Waals surface area contributed by atoms with Crippen LogP contribution in [0.4, 0.5) is 10.5 Å². The van der Waals surface area contributed by atoms with Gasteiger partial charge >= 0.3 is 6.09 Å². The van der Waals surface area contributed by atoms with E-state index in [9.17, 15) is 14.4 Å². The topological polar surface area (TPSA) is 159 Å². The van der Waals surface area contributed by atoms with Gasteiger partial charge in [0.2, 0.25) is 11.6 Å². The number of anilines is 1. The number of imide groups is 1. The van der Waals surface area contributed by atoms with Crippen molar-refractivity contribution in [3.8, 4) is 17.7 Å². The number of ether oxygens (including phenoxy) is 2. The fourth-order valence-corrected chi connectivity index (χ4v) is 2.97. The number of alkyl carbamates (subject to hydrolysis) is 1. The molecule has 0 radical (unpaired) electrons. The lowest BCUT2D eigenvalue weighted by atomic mass is 10.1. The third kappa shape index (κ3) is 6.53. The van der Waals surface area contributed by atoms with Crippen LogP contribution in [0.3, 0.4) is 0 Å². The predicted octanol–water partition coefficient (Wildman–Crippen LogP) is 3.67. The molecule has 0 aliphatic rings. The molecule has 2 amide bonds. The highest BCUT2D eigenvalue weighted by molar-refractivity contribution is 9.10. The zero-order chi connectivity index (χ0) is 28.8. The molecule has 168 valence electrons. The molecule has 0 saturated heterocycles. The van der Waals surface area contributed by atoms with Gasteiger partial charge in [-0.2, -0.15) is 10.4 Å². The lowest BCUT2D eigenvalue weighted by Crippen LogP contribution is -2.36. The van der Waals surface area contributed by atoms with Crippen LogP contribution in [0.25, 0.3) is 0 Å². The van der Waals surface area contributed by atoms with Crippen molar-refractivity contribution in [3.63, 3.8) is 0 Å². The number of benzene rings is 1. The minimum Gasteiger partial charge on any atom is -0.450 e. The van der Waals surface area contributed by atoms with Crippen molar-refractivity contribution in [2.45, 2.75) is 26.5 Å². The van der Waals surface area contributed by atoms with E-state index in [0.717, 1.165) is 6.07 Å². The summed E-state index contributed by atoms with van der Waals surface area (Å²) in [5.74, 6) is -3.65. The summed E-state index contributed by atoms with van der Waals surface area (Å²) in [7, 11) is 0. The number of aromatic nitrogens is 2. The average molecular weight is 532 g/mol. The molecule has 2 rings (SSSR count). The second kappa shape index (κ2) is 11.3. The van der Waals surface area contributed by atoms with Crippen LogP contribution in [0.15, 0.2) is 32.6 Å². The smallest absolute Gasteiger partial charge is 0.414 e. The van der Waals surface area contributed by atoms with Crippen molar-refractivity contribution in [3.05, 3.63) is 43.6 Å². The molecule has 1 heterocycles. The van der Waals surface area contributed by atoms with E-state index in [2.05, 4.69) is 36.3 Å². The molecule has 13 heteroatoms. The van der Waals surface area contributed by atoms with Crippen molar-refractivity contribution in [1.82, 2.24) is 15.5 Å². The Bertz CT molecular complexity index is 1320. The minimum atomic E-state index is -3.03. The van der Waals surface area contributed by atoms with Gasteiger partial charge in [0, 0.05) is 19.9 Å². The lowest BCUT2D eigenvalue weighted by Gasteiger charge is -2.12. The van der Waals surface area contributed by atoms with Crippen molar-refractivity contribution in [2.75, 3.05) is 12.0 Å². The van der Waals surface area contributed by atoms with Gasteiger partial charge in [-0.3, -0.25) is 20.3 Å². The number of nitriles is 1. The number of rotatable bonds is 7. The summed E-state index contributed by atoms with van der Waals surface area (Å²) in [6, 6.07) is 5.04. The Kier molecular flexibility index (Phi) is 6.04. The molecule has 1 aromatic heterocycles. The Morgan fingerprint density at radius 1 is 1.44 bits per heavy atom. The van der Waals surface area contributed by atoms with Crippen LogP contribution in [0.1, 0.15) is 40.3 Å². The van der Waals surface area contributed by atoms with Crippen molar-refractivity contribution in [2.24, 2.45) is 5.10 Å². The molecular formula is C19H18BrClN6O5. The first-order chi connectivity index (χ1) is 17.6. The summed E-state index contributed by atoms with van der Waals surface area (Å²) in [5, 5.41) is 20.1. The number of hydrazone groups is 1. The van der Waals surface area contributed by atoms with Gasteiger partial charge in [-0.25, -0.2) is 9.89 Å². The predicted molar refractivity (Wildman–Crippen MR) is 120 cm³/mol. The summed E-state index contributed by atoms with van der Waals surface area (Å²) >= 11 is 9.45. The Morgan fingerprint density at radius 2 is 2.19 bits per heavy atom. The number of H-pyrrole nitrogens is 1. The zero-order valence-electron chi connectivity index (χ0n) is 22.2. The standard InChI is InChI=1S/C19H18BrClN6O5/c1-4-31-19(30)23-18(29)14(8-22)25-24-10-5-12(20)16(13(21)6-10)32-15-7-11(9(2)3)17(28)27-26-15/h5-7,9,24H,4H2,1-3H3,(H,27,28)(H,23,29,30)/b25-14+/i2D3,3D3. The molecule has 0 unspecified atom stereocenters. The van der Waals surface area contributed by atoms with Crippen LogP contribution in [0.5, 0.6) is 11.6 Å². The van der Waals surface area contributed by atoms with Gasteiger partial charge in [-0.15, -0.1) is 5.10 Å². The number of carbonyl (C=O) groups is 2. The van der Waals surface area contributed by atoms with Crippen LogP contribution >= 0.6 is 27.5 Å². The minimum absolute atomic E-state index is 0.00668. The van der Waals surface area contributed by atoms with Gasteiger partial charge in [0.15, 0.2) is 5.75 Å². The van der Waals surface area contributed by atoms with E-state index in [0.29, 0.717) is 0 Å². The lowest BCUT2D eigenvalue weighted by molar-refractivity contribution is -0.114. The maximum atomic E-state index is 12.2. The number of amides is 2. The first-order valence-corrected chi connectivity index (χ1v) is 9.74. The van der Waals surface area contributed by atoms with Gasteiger partial charge in [0.05, 0.1) is 21.8 Å². The summed E-state index contributed by atoms with van der Waals surface area (Å²) in [4.78, 5) is 35.5. The molecule has 0 saturated carbocycles. The molecule has 0 aliphatic carbocycles. The summed E-state index contributed by atoms with van der Waals surface area (Å²) < 4.78 is 55.7. The van der Waals surface area contributed by atoms with Crippen LogP contribution in [0, 0.1) is 11.3 Å². The number of hydrogen-bond donors (Lipinski definition) is 3. The molecule has 0 spiro atoms. The van der Waals surface area contributed by atoms with Gasteiger partial charge in [0.1, 0.15) is 6.07 Å². The Hall–Kier alpha value is -3.43. The van der Waals surface area contributed by atoms with E-state index >= 15 is 0 Å². The Labute approximate surface area is 204 Å². The molecule has 32 heavy (non-hydrogen) atoms. The van der Waals surface area contributed by atoms with E-state index in [1.807, 2.05) is 10.4 Å². The number of halogens is 2. The highest BCUT2D eigenvalue weighted by Crippen LogP contribution is 2.38. The zero-order valence-corrected chi connectivity index (χ0v) is 18.5. The van der Waals surface area contributed by atoms with Gasteiger partial charge < -0.3 is 9.47 Å². The fraction of sp³-hybridized carbons (Fsp3) is 0.263. The van der Waals surface area contributed by atoms with Crippen molar-refractivity contribution in [1.29, 1.82) is 5.26 Å². The second-order valence-electron chi connectivity index (χ2n) is 5.65. The van der Waals surface area contributed by atoms with E-state index in [1.54, 1.807) is 0 Å². The SMILES string of the molecule is [2H]C([2H])([2H])C(c1cc(Oc2c(Cl)cc(N/N=C(\C#N)C(=O)NC(=O)OCC)cc2Br)n[nH]c1=O)C([2H])([2H])[2H]. The van der Waals surface area contributed by atoms with Crippen LogP contribution in [-0.2, 0) is 9.53 Å². The van der Waals surface area contributed by atoms with E-state index in [1.165, 1.54) is 25.1 Å². The number of carbonyl (C=O) groups excluding carboxylic acids is 2.